The van der Waals surface area contributed by atoms with E-state index in [-0.39, 0.29) is 0 Å². The van der Waals surface area contributed by atoms with E-state index in [0.717, 1.165) is 19.0 Å². The van der Waals surface area contributed by atoms with Crippen LogP contribution in [0.3, 0.4) is 0 Å². The van der Waals surface area contributed by atoms with Crippen molar-refractivity contribution in [3.63, 3.8) is 0 Å². The van der Waals surface area contributed by atoms with E-state index in [1.807, 2.05) is 11.8 Å². The van der Waals surface area contributed by atoms with Gasteiger partial charge >= 0.3 is 0 Å². The van der Waals surface area contributed by atoms with Gasteiger partial charge in [0.1, 0.15) is 0 Å². The molecule has 1 aliphatic rings. The Morgan fingerprint density at radius 1 is 1.22 bits per heavy atom. The second-order valence-corrected chi connectivity index (χ2v) is 6.09. The Kier molecular flexibility index (Phi) is 6.05. The van der Waals surface area contributed by atoms with Gasteiger partial charge in [-0.05, 0) is 44.5 Å². The molecule has 2 rings (SSSR count). The molecule has 100 valence electrons. The third-order valence-electron chi connectivity index (χ3n) is 3.64. The fraction of sp³-hybridized carbons (Fsp3) is 0.600. The number of hydrogen-bond donors (Lipinski definition) is 1. The molecule has 18 heavy (non-hydrogen) atoms. The summed E-state index contributed by atoms with van der Waals surface area (Å²) < 4.78 is 0. The zero-order valence-electron chi connectivity index (χ0n) is 11.1. The number of likely N-dealkylation sites (tertiary alicyclic amines) is 1. The van der Waals surface area contributed by atoms with Crippen LogP contribution in [0.5, 0.6) is 0 Å². The minimum absolute atomic E-state index is 0.736. The maximum Gasteiger partial charge on any atom is 0.0108 e. The first-order chi connectivity index (χ1) is 8.90. The SMILES string of the molecule is NCCC1CCCCN1CCSc1ccccc1. The molecule has 0 saturated carbocycles. The normalized spacial score (nSPS) is 21.1. The van der Waals surface area contributed by atoms with Crippen LogP contribution in [-0.4, -0.2) is 36.3 Å². The molecule has 3 heteroatoms. The lowest BCUT2D eigenvalue weighted by Gasteiger charge is -2.35. The van der Waals surface area contributed by atoms with E-state index in [0.29, 0.717) is 0 Å². The molecule has 0 radical (unpaired) electrons. The van der Waals surface area contributed by atoms with Crippen molar-refractivity contribution in [1.82, 2.24) is 4.90 Å². The van der Waals surface area contributed by atoms with Crippen molar-refractivity contribution < 1.29 is 0 Å². The number of hydrogen-bond acceptors (Lipinski definition) is 3. The fourth-order valence-corrected chi connectivity index (χ4v) is 3.58. The molecule has 1 aliphatic heterocycles. The van der Waals surface area contributed by atoms with Gasteiger partial charge in [0.15, 0.2) is 0 Å². The highest BCUT2D eigenvalue weighted by molar-refractivity contribution is 7.99. The second kappa shape index (κ2) is 7.82. The predicted molar refractivity (Wildman–Crippen MR) is 80.0 cm³/mol. The number of nitrogens with zero attached hydrogens (tertiary/aromatic N) is 1. The molecule has 1 unspecified atom stereocenters. The molecular formula is C15H24N2S. The van der Waals surface area contributed by atoms with E-state index in [9.17, 15) is 0 Å². The monoisotopic (exact) mass is 264 g/mol. The third-order valence-corrected chi connectivity index (χ3v) is 4.63. The van der Waals surface area contributed by atoms with E-state index in [4.69, 9.17) is 5.73 Å². The summed E-state index contributed by atoms with van der Waals surface area (Å²) in [4.78, 5) is 4.02. The van der Waals surface area contributed by atoms with Crippen molar-refractivity contribution in [2.45, 2.75) is 36.6 Å². The summed E-state index contributed by atoms with van der Waals surface area (Å²) in [6, 6.07) is 11.4. The van der Waals surface area contributed by atoms with Crippen molar-refractivity contribution in [2.75, 3.05) is 25.4 Å². The van der Waals surface area contributed by atoms with E-state index in [2.05, 4.69) is 35.2 Å². The Labute approximate surface area is 115 Å². The molecule has 2 N–H and O–H groups in total. The van der Waals surface area contributed by atoms with Crippen LogP contribution in [0.1, 0.15) is 25.7 Å². The van der Waals surface area contributed by atoms with Crippen LogP contribution in [0, 0.1) is 0 Å². The van der Waals surface area contributed by atoms with Gasteiger partial charge in [0.2, 0.25) is 0 Å². The summed E-state index contributed by atoms with van der Waals surface area (Å²) in [5.41, 5.74) is 5.71. The molecule has 1 aromatic rings. The highest BCUT2D eigenvalue weighted by Crippen LogP contribution is 2.22. The Bertz CT molecular complexity index is 327. The third kappa shape index (κ3) is 4.30. The Hall–Kier alpha value is -0.510. The lowest BCUT2D eigenvalue weighted by molar-refractivity contribution is 0.151. The Morgan fingerprint density at radius 2 is 2.06 bits per heavy atom. The lowest BCUT2D eigenvalue weighted by Crippen LogP contribution is -2.41. The quantitative estimate of drug-likeness (QED) is 0.801. The van der Waals surface area contributed by atoms with Gasteiger partial charge in [-0.15, -0.1) is 11.8 Å². The maximum absolute atomic E-state index is 5.71. The minimum atomic E-state index is 0.736. The van der Waals surface area contributed by atoms with Gasteiger partial charge in [0.25, 0.3) is 0 Å². The molecule has 0 aliphatic carbocycles. The zero-order valence-corrected chi connectivity index (χ0v) is 11.9. The predicted octanol–water partition coefficient (Wildman–Crippen LogP) is 2.98. The summed E-state index contributed by atoms with van der Waals surface area (Å²) in [5.74, 6) is 1.19. The van der Waals surface area contributed by atoms with Crippen LogP contribution >= 0.6 is 11.8 Å². The summed E-state index contributed by atoms with van der Waals surface area (Å²) >= 11 is 1.96. The molecule has 1 heterocycles. The van der Waals surface area contributed by atoms with Gasteiger partial charge in [-0.3, -0.25) is 4.90 Å². The first kappa shape index (κ1) is 13.9. The van der Waals surface area contributed by atoms with E-state index < -0.39 is 0 Å². The molecule has 0 amide bonds. The first-order valence-corrected chi connectivity index (χ1v) is 8.00. The highest BCUT2D eigenvalue weighted by atomic mass is 32.2. The van der Waals surface area contributed by atoms with Crippen molar-refractivity contribution in [1.29, 1.82) is 0 Å². The van der Waals surface area contributed by atoms with Gasteiger partial charge in [-0.1, -0.05) is 24.6 Å². The average molecular weight is 264 g/mol. The molecule has 0 spiro atoms. The summed E-state index contributed by atoms with van der Waals surface area (Å²) in [7, 11) is 0. The molecule has 2 nitrogen and oxygen atoms in total. The maximum atomic E-state index is 5.71. The zero-order chi connectivity index (χ0) is 12.6. The van der Waals surface area contributed by atoms with Crippen LogP contribution in [0.25, 0.3) is 0 Å². The summed E-state index contributed by atoms with van der Waals surface area (Å²) in [6.07, 6.45) is 5.24. The number of benzene rings is 1. The van der Waals surface area contributed by atoms with Crippen LogP contribution < -0.4 is 5.73 Å². The van der Waals surface area contributed by atoms with Gasteiger partial charge in [-0.25, -0.2) is 0 Å². The Balaban J connectivity index is 1.74. The smallest absolute Gasteiger partial charge is 0.0108 e. The van der Waals surface area contributed by atoms with E-state index in [1.165, 1.54) is 43.0 Å². The van der Waals surface area contributed by atoms with Crippen LogP contribution in [0.15, 0.2) is 35.2 Å². The molecule has 0 bridgehead atoms. The van der Waals surface area contributed by atoms with Crippen molar-refractivity contribution in [3.05, 3.63) is 30.3 Å². The minimum Gasteiger partial charge on any atom is -0.330 e. The van der Waals surface area contributed by atoms with E-state index >= 15 is 0 Å². The van der Waals surface area contributed by atoms with Crippen molar-refractivity contribution >= 4 is 11.8 Å². The highest BCUT2D eigenvalue weighted by Gasteiger charge is 2.20. The van der Waals surface area contributed by atoms with Crippen molar-refractivity contribution in [2.24, 2.45) is 5.73 Å². The summed E-state index contributed by atoms with van der Waals surface area (Å²) in [5, 5.41) is 0. The van der Waals surface area contributed by atoms with Crippen LogP contribution in [0.4, 0.5) is 0 Å². The van der Waals surface area contributed by atoms with Gasteiger partial charge in [0, 0.05) is 23.2 Å². The second-order valence-electron chi connectivity index (χ2n) is 4.92. The molecular weight excluding hydrogens is 240 g/mol. The van der Waals surface area contributed by atoms with Crippen molar-refractivity contribution in [3.8, 4) is 0 Å². The molecule has 1 aromatic carbocycles. The standard InChI is InChI=1S/C15H24N2S/c16-10-9-14-6-4-5-11-17(14)12-13-18-15-7-2-1-3-8-15/h1-3,7-8,14H,4-6,9-13,16H2. The lowest BCUT2D eigenvalue weighted by atomic mass is 9.99. The number of rotatable bonds is 6. The van der Waals surface area contributed by atoms with Crippen LogP contribution in [0.2, 0.25) is 0 Å². The number of nitrogens with two attached hydrogens (primary N) is 1. The summed E-state index contributed by atoms with van der Waals surface area (Å²) in [6.45, 7) is 3.29. The van der Waals surface area contributed by atoms with Gasteiger partial charge < -0.3 is 5.73 Å². The Morgan fingerprint density at radius 3 is 2.83 bits per heavy atom. The van der Waals surface area contributed by atoms with Gasteiger partial charge in [0.05, 0.1) is 0 Å². The number of thioether (sulfide) groups is 1. The first-order valence-electron chi connectivity index (χ1n) is 7.02. The molecule has 0 aromatic heterocycles. The molecule has 1 fully saturated rings. The van der Waals surface area contributed by atoms with E-state index in [1.54, 1.807) is 0 Å². The average Bonchev–Trinajstić information content (AvgIpc) is 2.42. The largest absolute Gasteiger partial charge is 0.330 e. The fourth-order valence-electron chi connectivity index (χ4n) is 2.67. The molecule has 1 saturated heterocycles. The molecule has 1 atom stereocenters. The van der Waals surface area contributed by atoms with Gasteiger partial charge in [-0.2, -0.15) is 0 Å². The topological polar surface area (TPSA) is 29.3 Å². The van der Waals surface area contributed by atoms with Crippen LogP contribution in [-0.2, 0) is 0 Å². The number of piperidine rings is 1.